The van der Waals surface area contributed by atoms with Gasteiger partial charge in [-0.15, -0.1) is 0 Å². The number of aryl methyl sites for hydroxylation is 1. The van der Waals surface area contributed by atoms with E-state index in [0.717, 1.165) is 0 Å². The van der Waals surface area contributed by atoms with Crippen LogP contribution in [-0.4, -0.2) is 40.5 Å². The highest BCUT2D eigenvalue weighted by molar-refractivity contribution is 5.88. The number of esters is 1. The molecule has 7 nitrogen and oxygen atoms in total. The molecule has 0 fully saturated rings. The van der Waals surface area contributed by atoms with Gasteiger partial charge in [0, 0.05) is 13.6 Å². The lowest BCUT2D eigenvalue weighted by atomic mass is 10.2. The molecule has 1 aromatic rings. The summed E-state index contributed by atoms with van der Waals surface area (Å²) in [4.78, 5) is 21.6. The normalized spacial score (nSPS) is 10.1. The van der Waals surface area contributed by atoms with Crippen molar-refractivity contribution in [2.45, 2.75) is 6.54 Å². The summed E-state index contributed by atoms with van der Waals surface area (Å²) in [5, 5.41) is 15.5. The maximum Gasteiger partial charge on any atom is 0.339 e. The van der Waals surface area contributed by atoms with Crippen LogP contribution >= 0.6 is 0 Å². The molecule has 1 heterocycles. The van der Waals surface area contributed by atoms with E-state index in [1.54, 1.807) is 7.05 Å². The fourth-order valence-corrected chi connectivity index (χ4v) is 1.21. The summed E-state index contributed by atoms with van der Waals surface area (Å²) < 4.78 is 5.89. The fraction of sp³-hybridized carbons (Fsp3) is 0.444. The lowest BCUT2D eigenvalue weighted by Gasteiger charge is -2.05. The second-order valence-corrected chi connectivity index (χ2v) is 3.11. The van der Waals surface area contributed by atoms with Crippen molar-refractivity contribution in [1.82, 2.24) is 15.1 Å². The SMILES string of the molecule is COC(=O)CNCc1c(C(=O)O)cnn1C. The van der Waals surface area contributed by atoms with Crippen LogP contribution in [0.1, 0.15) is 16.1 Å². The zero-order valence-corrected chi connectivity index (χ0v) is 9.06. The van der Waals surface area contributed by atoms with Gasteiger partial charge in [0.05, 0.1) is 25.5 Å². The van der Waals surface area contributed by atoms with E-state index < -0.39 is 11.9 Å². The molecular weight excluding hydrogens is 214 g/mol. The highest BCUT2D eigenvalue weighted by Crippen LogP contribution is 2.06. The Morgan fingerprint density at radius 2 is 2.31 bits per heavy atom. The number of aromatic carboxylic acids is 1. The molecule has 0 aromatic carbocycles. The lowest BCUT2D eigenvalue weighted by Crippen LogP contribution is -2.25. The van der Waals surface area contributed by atoms with Crippen molar-refractivity contribution >= 4 is 11.9 Å². The molecule has 2 N–H and O–H groups in total. The first-order chi connectivity index (χ1) is 7.56. The standard InChI is InChI=1S/C9H13N3O4/c1-12-7(4-10-5-8(13)16-2)6(3-11-12)9(14)15/h3,10H,4-5H2,1-2H3,(H,14,15). The van der Waals surface area contributed by atoms with Crippen LogP contribution in [0.5, 0.6) is 0 Å². The largest absolute Gasteiger partial charge is 0.478 e. The fourth-order valence-electron chi connectivity index (χ4n) is 1.21. The summed E-state index contributed by atoms with van der Waals surface area (Å²) in [5.41, 5.74) is 0.635. The summed E-state index contributed by atoms with van der Waals surface area (Å²) in [6.45, 7) is 0.272. The monoisotopic (exact) mass is 227 g/mol. The van der Waals surface area contributed by atoms with Crippen molar-refractivity contribution in [3.05, 3.63) is 17.5 Å². The van der Waals surface area contributed by atoms with Gasteiger partial charge in [-0.1, -0.05) is 0 Å². The third kappa shape index (κ3) is 2.80. The molecule has 88 valence electrons. The maximum atomic E-state index is 10.8. The maximum absolute atomic E-state index is 10.8. The smallest absolute Gasteiger partial charge is 0.339 e. The Morgan fingerprint density at radius 3 is 2.88 bits per heavy atom. The Labute approximate surface area is 92.0 Å². The Bertz CT molecular complexity index is 399. The van der Waals surface area contributed by atoms with E-state index in [0.29, 0.717) is 5.69 Å². The molecular formula is C9H13N3O4. The molecule has 16 heavy (non-hydrogen) atoms. The zero-order valence-electron chi connectivity index (χ0n) is 9.06. The highest BCUT2D eigenvalue weighted by Gasteiger charge is 2.14. The predicted octanol–water partition coefficient (Wildman–Crippen LogP) is -0.619. The number of hydrogen-bond donors (Lipinski definition) is 2. The minimum absolute atomic E-state index is 0.0285. The average Bonchev–Trinajstić information content (AvgIpc) is 2.60. The number of nitrogens with one attached hydrogen (secondary N) is 1. The topological polar surface area (TPSA) is 93.4 Å². The van der Waals surface area contributed by atoms with E-state index in [2.05, 4.69) is 15.2 Å². The molecule has 0 saturated heterocycles. The van der Waals surface area contributed by atoms with E-state index in [1.165, 1.54) is 18.0 Å². The quantitative estimate of drug-likeness (QED) is 0.651. The molecule has 1 rings (SSSR count). The number of rotatable bonds is 5. The minimum atomic E-state index is -1.04. The van der Waals surface area contributed by atoms with Crippen LogP contribution in [0, 0.1) is 0 Å². The van der Waals surface area contributed by atoms with Crippen LogP contribution in [0.3, 0.4) is 0 Å². The Kier molecular flexibility index (Phi) is 4.01. The summed E-state index contributed by atoms with van der Waals surface area (Å²) in [6.07, 6.45) is 1.28. The number of carbonyl (C=O) groups is 2. The average molecular weight is 227 g/mol. The highest BCUT2D eigenvalue weighted by atomic mass is 16.5. The molecule has 0 aliphatic heterocycles. The second kappa shape index (κ2) is 5.26. The van der Waals surface area contributed by atoms with Crippen LogP contribution in [0.4, 0.5) is 0 Å². The summed E-state index contributed by atoms with van der Waals surface area (Å²) in [5.74, 6) is -1.44. The van der Waals surface area contributed by atoms with Gasteiger partial charge in [-0.2, -0.15) is 5.10 Å². The number of ether oxygens (including phenoxy) is 1. The van der Waals surface area contributed by atoms with Crippen molar-refractivity contribution < 1.29 is 19.4 Å². The van der Waals surface area contributed by atoms with Crippen molar-refractivity contribution in [1.29, 1.82) is 0 Å². The first kappa shape index (κ1) is 12.2. The van der Waals surface area contributed by atoms with Gasteiger partial charge in [0.25, 0.3) is 0 Å². The molecule has 0 amide bonds. The van der Waals surface area contributed by atoms with Crippen molar-refractivity contribution in [3.8, 4) is 0 Å². The second-order valence-electron chi connectivity index (χ2n) is 3.11. The van der Waals surface area contributed by atoms with Gasteiger partial charge >= 0.3 is 11.9 Å². The molecule has 0 atom stereocenters. The van der Waals surface area contributed by atoms with Crippen LogP contribution in [0.15, 0.2) is 6.20 Å². The van der Waals surface area contributed by atoms with Crippen LogP contribution in [-0.2, 0) is 23.1 Å². The Hall–Kier alpha value is -1.89. The molecule has 0 unspecified atom stereocenters. The lowest BCUT2D eigenvalue weighted by molar-refractivity contribution is -0.139. The summed E-state index contributed by atoms with van der Waals surface area (Å²) >= 11 is 0. The third-order valence-corrected chi connectivity index (χ3v) is 2.08. The molecule has 0 bridgehead atoms. The number of carbonyl (C=O) groups excluding carboxylic acids is 1. The first-order valence-electron chi connectivity index (χ1n) is 4.58. The molecule has 7 heteroatoms. The number of carboxylic acids is 1. The van der Waals surface area contributed by atoms with E-state index in [4.69, 9.17) is 5.11 Å². The van der Waals surface area contributed by atoms with E-state index >= 15 is 0 Å². The van der Waals surface area contributed by atoms with E-state index in [1.807, 2.05) is 0 Å². The molecule has 0 radical (unpaired) electrons. The zero-order chi connectivity index (χ0) is 12.1. The number of carboxylic acid groups (broad SMARTS) is 1. The Morgan fingerprint density at radius 1 is 1.62 bits per heavy atom. The predicted molar refractivity (Wildman–Crippen MR) is 53.9 cm³/mol. The molecule has 0 aliphatic rings. The first-order valence-corrected chi connectivity index (χ1v) is 4.58. The van der Waals surface area contributed by atoms with Crippen LogP contribution in [0.2, 0.25) is 0 Å². The van der Waals surface area contributed by atoms with Gasteiger partial charge < -0.3 is 15.2 Å². The van der Waals surface area contributed by atoms with E-state index in [9.17, 15) is 9.59 Å². The summed E-state index contributed by atoms with van der Waals surface area (Å²) in [7, 11) is 2.93. The summed E-state index contributed by atoms with van der Waals surface area (Å²) in [6, 6.07) is 0. The van der Waals surface area contributed by atoms with Crippen LogP contribution < -0.4 is 5.32 Å². The van der Waals surface area contributed by atoms with Crippen molar-refractivity contribution in [2.75, 3.05) is 13.7 Å². The van der Waals surface area contributed by atoms with E-state index in [-0.39, 0.29) is 18.7 Å². The number of hydrogen-bond acceptors (Lipinski definition) is 5. The molecule has 0 aliphatic carbocycles. The third-order valence-electron chi connectivity index (χ3n) is 2.08. The van der Waals surface area contributed by atoms with Gasteiger partial charge in [-0.25, -0.2) is 4.79 Å². The van der Waals surface area contributed by atoms with Crippen molar-refractivity contribution in [3.63, 3.8) is 0 Å². The molecule has 0 spiro atoms. The number of methoxy groups -OCH3 is 1. The van der Waals surface area contributed by atoms with Crippen LogP contribution in [0.25, 0.3) is 0 Å². The molecule has 0 saturated carbocycles. The van der Waals surface area contributed by atoms with Crippen molar-refractivity contribution in [2.24, 2.45) is 7.05 Å². The Balaban J connectivity index is 2.62. The minimum Gasteiger partial charge on any atom is -0.478 e. The van der Waals surface area contributed by atoms with Gasteiger partial charge in [0.2, 0.25) is 0 Å². The molecule has 1 aromatic heterocycles. The van der Waals surface area contributed by atoms with Gasteiger partial charge in [-0.3, -0.25) is 9.48 Å². The van der Waals surface area contributed by atoms with Gasteiger partial charge in [0.15, 0.2) is 0 Å². The number of nitrogens with zero attached hydrogens (tertiary/aromatic N) is 2. The van der Waals surface area contributed by atoms with Gasteiger partial charge in [0.1, 0.15) is 5.56 Å². The number of aromatic nitrogens is 2. The van der Waals surface area contributed by atoms with Gasteiger partial charge in [-0.05, 0) is 0 Å².